The molecule has 0 atom stereocenters. The summed E-state index contributed by atoms with van der Waals surface area (Å²) in [6.07, 6.45) is -3.29. The number of halogens is 3. The minimum atomic E-state index is -4.52. The molecule has 4 aromatic heterocycles. The van der Waals surface area contributed by atoms with Gasteiger partial charge in [0.15, 0.2) is 17.2 Å². The first-order valence-corrected chi connectivity index (χ1v) is 9.62. The summed E-state index contributed by atoms with van der Waals surface area (Å²) in [6.45, 7) is 11.0. The Hall–Kier alpha value is -4.06. The van der Waals surface area contributed by atoms with Gasteiger partial charge in [0, 0.05) is 11.6 Å². The number of aromatic nitrogens is 5. The molecule has 9 heteroatoms. The van der Waals surface area contributed by atoms with Gasteiger partial charge in [0.1, 0.15) is 5.69 Å². The van der Waals surface area contributed by atoms with Crippen molar-refractivity contribution in [2.45, 2.75) is 25.4 Å². The number of alkyl halides is 3. The van der Waals surface area contributed by atoms with Crippen molar-refractivity contribution < 1.29 is 13.2 Å². The van der Waals surface area contributed by atoms with Gasteiger partial charge in [-0.3, -0.25) is 0 Å². The van der Waals surface area contributed by atoms with Gasteiger partial charge in [-0.05, 0) is 56.3 Å². The molecule has 6 nitrogen and oxygen atoms in total. The third kappa shape index (κ3) is 4.07. The second kappa shape index (κ2) is 7.89. The molecule has 0 saturated carbocycles. The summed E-state index contributed by atoms with van der Waals surface area (Å²) in [5, 5.41) is 3.60. The molecule has 0 radical (unpaired) electrons. The molecule has 0 spiro atoms. The van der Waals surface area contributed by atoms with Crippen LogP contribution in [0.25, 0.3) is 22.1 Å². The van der Waals surface area contributed by atoms with Crippen molar-refractivity contribution in [3.63, 3.8) is 0 Å². The molecule has 0 amide bonds. The van der Waals surface area contributed by atoms with Gasteiger partial charge in [-0.1, -0.05) is 24.8 Å². The van der Waals surface area contributed by atoms with E-state index in [0.717, 1.165) is 10.7 Å². The average molecular weight is 434 g/mol. The lowest BCUT2D eigenvalue weighted by molar-refractivity contribution is -0.141. The highest BCUT2D eigenvalue weighted by molar-refractivity contribution is 5.58. The maximum absolute atomic E-state index is 12.9. The van der Waals surface area contributed by atoms with E-state index in [2.05, 4.69) is 19.9 Å². The highest BCUT2D eigenvalue weighted by atomic mass is 19.4. The predicted octanol–water partition coefficient (Wildman–Crippen LogP) is 5.62. The van der Waals surface area contributed by atoms with E-state index in [1.807, 2.05) is 32.0 Å². The van der Waals surface area contributed by atoms with E-state index < -0.39 is 17.3 Å². The molecule has 160 valence electrons. The van der Waals surface area contributed by atoms with E-state index in [-0.39, 0.29) is 11.6 Å². The topological polar surface area (TPSA) is 60.9 Å². The van der Waals surface area contributed by atoms with E-state index in [1.54, 1.807) is 36.4 Å². The van der Waals surface area contributed by atoms with Crippen LogP contribution in [0.4, 0.5) is 19.0 Å². The van der Waals surface area contributed by atoms with Crippen LogP contribution >= 0.6 is 0 Å². The third-order valence-electron chi connectivity index (χ3n) is 4.99. The third-order valence-corrected chi connectivity index (χ3v) is 4.99. The van der Waals surface area contributed by atoms with Crippen LogP contribution in [-0.2, 0) is 11.6 Å². The molecular weight excluding hydrogens is 417 g/mol. The summed E-state index contributed by atoms with van der Waals surface area (Å²) < 4.78 is 39.8. The first-order chi connectivity index (χ1) is 15.2. The average Bonchev–Trinajstić information content (AvgIpc) is 3.30. The number of hydrogen-bond acceptors (Lipinski definition) is 4. The van der Waals surface area contributed by atoms with Crippen LogP contribution in [0, 0.1) is 6.57 Å². The zero-order valence-electron chi connectivity index (χ0n) is 17.2. The van der Waals surface area contributed by atoms with Gasteiger partial charge in [0.2, 0.25) is 0 Å². The van der Waals surface area contributed by atoms with Crippen LogP contribution in [0.2, 0.25) is 0 Å². The molecule has 0 aromatic carbocycles. The Labute approximate surface area is 182 Å². The zero-order chi connectivity index (χ0) is 22.9. The predicted molar refractivity (Wildman–Crippen MR) is 112 cm³/mol. The minimum absolute atomic E-state index is 0.272. The molecule has 0 saturated heterocycles. The maximum atomic E-state index is 12.9. The van der Waals surface area contributed by atoms with E-state index >= 15 is 0 Å². The molecule has 0 unspecified atom stereocenters. The second-order valence-electron chi connectivity index (χ2n) is 7.55. The fourth-order valence-corrected chi connectivity index (χ4v) is 3.19. The quantitative estimate of drug-likeness (QED) is 0.391. The first-order valence-electron chi connectivity index (χ1n) is 9.62. The normalized spacial score (nSPS) is 11.9. The fraction of sp³-hybridized carbons (Fsp3) is 0.174. The molecule has 0 N–H and O–H groups in total. The Balaban J connectivity index is 1.71. The van der Waals surface area contributed by atoms with Gasteiger partial charge in [-0.15, -0.1) is 4.98 Å². The van der Waals surface area contributed by atoms with Crippen LogP contribution in [-0.4, -0.2) is 24.7 Å². The van der Waals surface area contributed by atoms with Crippen LogP contribution in [0.15, 0.2) is 66.9 Å². The molecule has 0 fully saturated rings. The Kier molecular flexibility index (Phi) is 5.22. The van der Waals surface area contributed by atoms with Crippen LogP contribution < -0.4 is 0 Å². The number of rotatable bonds is 4. The van der Waals surface area contributed by atoms with Gasteiger partial charge in [0.05, 0.1) is 11.4 Å². The number of hydrogen-bond donors (Lipinski definition) is 0. The first kappa shape index (κ1) is 21.2. The van der Waals surface area contributed by atoms with Crippen LogP contribution in [0.3, 0.4) is 0 Å². The van der Waals surface area contributed by atoms with Crippen molar-refractivity contribution in [1.82, 2.24) is 24.7 Å². The molecule has 4 aromatic rings. The number of nitrogens with zero attached hydrogens (tertiary/aromatic N) is 6. The van der Waals surface area contributed by atoms with Gasteiger partial charge in [-0.2, -0.15) is 18.3 Å². The number of pyridine rings is 3. The maximum Gasteiger partial charge on any atom is 0.435 e. The smallest absolute Gasteiger partial charge is 0.361 e. The van der Waals surface area contributed by atoms with Crippen LogP contribution in [0.5, 0.6) is 0 Å². The molecule has 0 aliphatic carbocycles. The monoisotopic (exact) mass is 434 g/mol. The van der Waals surface area contributed by atoms with Gasteiger partial charge in [-0.25, -0.2) is 14.6 Å². The van der Waals surface area contributed by atoms with Crippen LogP contribution in [0.1, 0.15) is 30.9 Å². The highest BCUT2D eigenvalue weighted by Gasteiger charge is 2.34. The SMILES string of the molecule is [C-]#[N+]c1cccc(-c2cccc(C(C)(C)c3cccc(-n4ccc(C(F)(F)F)n4)n3)n2)n1. The van der Waals surface area contributed by atoms with E-state index in [1.165, 1.54) is 6.20 Å². The lowest BCUT2D eigenvalue weighted by atomic mass is 9.84. The largest absolute Gasteiger partial charge is 0.435 e. The molecule has 4 heterocycles. The molecular formula is C23H17F3N6. The molecule has 0 bridgehead atoms. The van der Waals surface area contributed by atoms with Gasteiger partial charge < -0.3 is 4.85 Å². The Bertz CT molecular complexity index is 1320. The summed E-state index contributed by atoms with van der Waals surface area (Å²) in [7, 11) is 0. The highest BCUT2D eigenvalue weighted by Crippen LogP contribution is 2.31. The standard InChI is InChI=1S/C23H17F3N6/c1-22(2,17-9-4-7-15(28-17)16-8-5-11-20(27-3)29-16)18-10-6-12-21(30-18)32-14-13-19(31-32)23(24,25)26/h4-14H,1-2H3. The van der Waals surface area contributed by atoms with Crippen molar-refractivity contribution in [2.24, 2.45) is 0 Å². The molecule has 0 aliphatic heterocycles. The summed E-state index contributed by atoms with van der Waals surface area (Å²) in [4.78, 5) is 16.9. The molecule has 4 rings (SSSR count). The van der Waals surface area contributed by atoms with Crippen molar-refractivity contribution in [2.75, 3.05) is 0 Å². The zero-order valence-corrected chi connectivity index (χ0v) is 17.2. The minimum Gasteiger partial charge on any atom is -0.361 e. The summed E-state index contributed by atoms with van der Waals surface area (Å²) >= 11 is 0. The van der Waals surface area contributed by atoms with Crippen molar-refractivity contribution >= 4 is 5.82 Å². The van der Waals surface area contributed by atoms with Crippen molar-refractivity contribution in [3.8, 4) is 17.2 Å². The summed E-state index contributed by atoms with van der Waals surface area (Å²) in [5.74, 6) is 0.550. The molecule has 0 aliphatic rings. The second-order valence-corrected chi connectivity index (χ2v) is 7.55. The van der Waals surface area contributed by atoms with Crippen molar-refractivity contribution in [3.05, 3.63) is 95.4 Å². The Morgan fingerprint density at radius 2 is 1.41 bits per heavy atom. The Morgan fingerprint density at radius 1 is 0.781 bits per heavy atom. The van der Waals surface area contributed by atoms with E-state index in [4.69, 9.17) is 11.6 Å². The van der Waals surface area contributed by atoms with Crippen molar-refractivity contribution in [1.29, 1.82) is 0 Å². The van der Waals surface area contributed by atoms with E-state index in [9.17, 15) is 13.2 Å². The van der Waals surface area contributed by atoms with E-state index in [0.29, 0.717) is 22.8 Å². The summed E-state index contributed by atoms with van der Waals surface area (Å²) in [5.41, 5.74) is 0.863. The van der Waals surface area contributed by atoms with Gasteiger partial charge >= 0.3 is 6.18 Å². The van der Waals surface area contributed by atoms with Gasteiger partial charge in [0.25, 0.3) is 5.82 Å². The summed E-state index contributed by atoms with van der Waals surface area (Å²) in [6, 6.07) is 16.7. The fourth-order valence-electron chi connectivity index (χ4n) is 3.19. The lowest BCUT2D eigenvalue weighted by Gasteiger charge is -2.24. The Morgan fingerprint density at radius 3 is 2.06 bits per heavy atom. The molecule has 32 heavy (non-hydrogen) atoms. The lowest BCUT2D eigenvalue weighted by Crippen LogP contribution is -2.23.